The van der Waals surface area contributed by atoms with Gasteiger partial charge in [-0.1, -0.05) is 6.07 Å². The molecule has 0 spiro atoms. The van der Waals surface area contributed by atoms with Crippen LogP contribution < -0.4 is 0 Å². The summed E-state index contributed by atoms with van der Waals surface area (Å²) in [5.41, 5.74) is -0.0682. The van der Waals surface area contributed by atoms with Crippen molar-refractivity contribution in [1.29, 1.82) is 0 Å². The fourth-order valence-electron chi connectivity index (χ4n) is 2.08. The van der Waals surface area contributed by atoms with E-state index >= 15 is 0 Å². The van der Waals surface area contributed by atoms with Crippen LogP contribution in [0.15, 0.2) is 18.2 Å². The highest BCUT2D eigenvalue weighted by Gasteiger charge is 2.32. The molecule has 0 radical (unpaired) electrons. The number of halogens is 4. The number of hydrogen-bond acceptors (Lipinski definition) is 2. The van der Waals surface area contributed by atoms with E-state index in [1.165, 1.54) is 4.90 Å². The van der Waals surface area contributed by atoms with Crippen molar-refractivity contribution in [2.45, 2.75) is 31.4 Å². The average molecular weight is 277 g/mol. The van der Waals surface area contributed by atoms with Crippen LogP contribution in [0.25, 0.3) is 0 Å². The summed E-state index contributed by atoms with van der Waals surface area (Å²) in [6.07, 6.45) is -2.11. The lowest BCUT2D eigenvalue weighted by Gasteiger charge is -2.24. The maximum Gasteiger partial charge on any atom is 0.251 e. The zero-order valence-electron chi connectivity index (χ0n) is 10.2. The van der Waals surface area contributed by atoms with Gasteiger partial charge in [0, 0.05) is 24.2 Å². The van der Waals surface area contributed by atoms with Crippen molar-refractivity contribution in [2.24, 2.45) is 0 Å². The standard InChI is InChI=1S/C13H15F4NO/c14-8-1-4-10(11(15)5-8)12(19)6-18(7-13(16)17)9-2-3-9/h1,4-5,9,12-13,19H,2-3,6-7H2. The minimum Gasteiger partial charge on any atom is -0.387 e. The molecule has 0 saturated heterocycles. The van der Waals surface area contributed by atoms with Crippen LogP contribution in [0.1, 0.15) is 24.5 Å². The number of nitrogens with zero attached hydrogens (tertiary/aromatic N) is 1. The van der Waals surface area contributed by atoms with Gasteiger partial charge in [-0.05, 0) is 18.9 Å². The second kappa shape index (κ2) is 5.88. The molecule has 1 N–H and O–H groups in total. The molecule has 1 unspecified atom stereocenters. The molecule has 2 nitrogen and oxygen atoms in total. The fraction of sp³-hybridized carbons (Fsp3) is 0.538. The van der Waals surface area contributed by atoms with Gasteiger partial charge in [0.25, 0.3) is 6.43 Å². The Morgan fingerprint density at radius 1 is 1.21 bits per heavy atom. The first-order chi connectivity index (χ1) is 8.97. The molecule has 1 aliphatic carbocycles. The molecular formula is C13H15F4NO. The van der Waals surface area contributed by atoms with Crippen molar-refractivity contribution in [3.63, 3.8) is 0 Å². The van der Waals surface area contributed by atoms with Gasteiger partial charge in [-0.3, -0.25) is 4.90 Å². The third kappa shape index (κ3) is 3.91. The molecule has 0 heterocycles. The lowest BCUT2D eigenvalue weighted by molar-refractivity contribution is 0.0492. The zero-order chi connectivity index (χ0) is 14.0. The molecule has 106 valence electrons. The molecule has 0 aromatic heterocycles. The van der Waals surface area contributed by atoms with E-state index in [0.29, 0.717) is 6.07 Å². The zero-order valence-corrected chi connectivity index (χ0v) is 10.2. The van der Waals surface area contributed by atoms with Crippen LogP contribution in [0.5, 0.6) is 0 Å². The minimum absolute atomic E-state index is 0.0344. The lowest BCUT2D eigenvalue weighted by Crippen LogP contribution is -2.35. The van der Waals surface area contributed by atoms with E-state index in [2.05, 4.69) is 0 Å². The van der Waals surface area contributed by atoms with E-state index < -0.39 is 30.7 Å². The van der Waals surface area contributed by atoms with Crippen LogP contribution in [-0.2, 0) is 0 Å². The molecule has 0 amide bonds. The van der Waals surface area contributed by atoms with Gasteiger partial charge in [-0.25, -0.2) is 17.6 Å². The summed E-state index contributed by atoms with van der Waals surface area (Å²) in [6, 6.07) is 2.89. The molecule has 1 fully saturated rings. The van der Waals surface area contributed by atoms with Crippen molar-refractivity contribution in [3.05, 3.63) is 35.4 Å². The summed E-state index contributed by atoms with van der Waals surface area (Å²) in [4.78, 5) is 1.46. The van der Waals surface area contributed by atoms with E-state index in [1.54, 1.807) is 0 Å². The molecule has 1 atom stereocenters. The highest BCUT2D eigenvalue weighted by Crippen LogP contribution is 2.30. The quantitative estimate of drug-likeness (QED) is 0.808. The Morgan fingerprint density at radius 3 is 2.42 bits per heavy atom. The Labute approximate surface area is 108 Å². The SMILES string of the molecule is OC(CN(CC(F)F)C1CC1)c1ccc(F)cc1F. The lowest BCUT2D eigenvalue weighted by atomic mass is 10.1. The molecule has 19 heavy (non-hydrogen) atoms. The van der Waals surface area contributed by atoms with Gasteiger partial charge >= 0.3 is 0 Å². The van der Waals surface area contributed by atoms with Gasteiger partial charge in [-0.2, -0.15) is 0 Å². The van der Waals surface area contributed by atoms with E-state index in [-0.39, 0.29) is 18.2 Å². The third-order valence-corrected chi connectivity index (χ3v) is 3.16. The number of rotatable bonds is 6. The van der Waals surface area contributed by atoms with Crippen molar-refractivity contribution in [1.82, 2.24) is 4.90 Å². The van der Waals surface area contributed by atoms with Crippen molar-refractivity contribution >= 4 is 0 Å². The van der Waals surface area contributed by atoms with Gasteiger partial charge in [-0.15, -0.1) is 0 Å². The van der Waals surface area contributed by atoms with Crippen LogP contribution in [0.2, 0.25) is 0 Å². The second-order valence-corrected chi connectivity index (χ2v) is 4.76. The number of alkyl halides is 2. The summed E-state index contributed by atoms with van der Waals surface area (Å²) >= 11 is 0. The molecule has 1 aromatic carbocycles. The number of aliphatic hydroxyl groups is 1. The molecule has 1 aromatic rings. The van der Waals surface area contributed by atoms with E-state index in [4.69, 9.17) is 0 Å². The summed E-state index contributed by atoms with van der Waals surface area (Å²) in [6.45, 7) is -0.512. The number of aliphatic hydroxyl groups excluding tert-OH is 1. The molecule has 1 aliphatic rings. The van der Waals surface area contributed by atoms with E-state index in [0.717, 1.165) is 25.0 Å². The number of benzene rings is 1. The second-order valence-electron chi connectivity index (χ2n) is 4.76. The molecule has 0 bridgehead atoms. The Hall–Kier alpha value is -1.14. The minimum atomic E-state index is -2.49. The Morgan fingerprint density at radius 2 is 1.89 bits per heavy atom. The van der Waals surface area contributed by atoms with Crippen LogP contribution in [-0.4, -0.2) is 35.6 Å². The van der Waals surface area contributed by atoms with Gasteiger partial charge in [0.1, 0.15) is 11.6 Å². The maximum absolute atomic E-state index is 13.5. The average Bonchev–Trinajstić information content (AvgIpc) is 3.10. The van der Waals surface area contributed by atoms with Crippen LogP contribution in [0.4, 0.5) is 17.6 Å². The van der Waals surface area contributed by atoms with Gasteiger partial charge in [0.05, 0.1) is 12.6 Å². The van der Waals surface area contributed by atoms with Gasteiger partial charge < -0.3 is 5.11 Å². The molecular weight excluding hydrogens is 262 g/mol. The first kappa shape index (κ1) is 14.3. The predicted octanol–water partition coefficient (Wildman–Crippen LogP) is 2.73. The molecule has 0 aliphatic heterocycles. The van der Waals surface area contributed by atoms with Gasteiger partial charge in [0.2, 0.25) is 0 Å². The van der Waals surface area contributed by atoms with Crippen LogP contribution in [0, 0.1) is 11.6 Å². The summed E-state index contributed by atoms with van der Waals surface area (Å²) in [5.74, 6) is -1.60. The Bertz CT molecular complexity index is 437. The normalized spacial score (nSPS) is 17.2. The Balaban J connectivity index is 2.03. The molecule has 2 rings (SSSR count). The maximum atomic E-state index is 13.5. The molecule has 6 heteroatoms. The van der Waals surface area contributed by atoms with Crippen molar-refractivity contribution in [3.8, 4) is 0 Å². The highest BCUT2D eigenvalue weighted by molar-refractivity contribution is 5.21. The summed E-state index contributed by atoms with van der Waals surface area (Å²) < 4.78 is 51.0. The Kier molecular flexibility index (Phi) is 4.42. The fourth-order valence-corrected chi connectivity index (χ4v) is 2.08. The van der Waals surface area contributed by atoms with Crippen LogP contribution >= 0.6 is 0 Å². The van der Waals surface area contributed by atoms with Gasteiger partial charge in [0.15, 0.2) is 0 Å². The van der Waals surface area contributed by atoms with Crippen molar-refractivity contribution < 1.29 is 22.7 Å². The summed E-state index contributed by atoms with van der Waals surface area (Å²) in [7, 11) is 0. The van der Waals surface area contributed by atoms with E-state index in [1.807, 2.05) is 0 Å². The topological polar surface area (TPSA) is 23.5 Å². The summed E-state index contributed by atoms with van der Waals surface area (Å²) in [5, 5.41) is 9.90. The van der Waals surface area contributed by atoms with Crippen molar-refractivity contribution in [2.75, 3.05) is 13.1 Å². The first-order valence-corrected chi connectivity index (χ1v) is 6.12. The monoisotopic (exact) mass is 277 g/mol. The molecule has 1 saturated carbocycles. The van der Waals surface area contributed by atoms with E-state index in [9.17, 15) is 22.7 Å². The largest absolute Gasteiger partial charge is 0.387 e. The number of hydrogen-bond donors (Lipinski definition) is 1. The first-order valence-electron chi connectivity index (χ1n) is 6.12. The van der Waals surface area contributed by atoms with Crippen LogP contribution in [0.3, 0.4) is 0 Å². The third-order valence-electron chi connectivity index (χ3n) is 3.16. The predicted molar refractivity (Wildman–Crippen MR) is 61.9 cm³/mol. The highest BCUT2D eigenvalue weighted by atomic mass is 19.3. The smallest absolute Gasteiger partial charge is 0.251 e.